The number of carbonyl (C=O) groups is 1. The van der Waals surface area contributed by atoms with Crippen molar-refractivity contribution < 1.29 is 4.79 Å². The maximum atomic E-state index is 11.6. The first-order valence-corrected chi connectivity index (χ1v) is 5.06. The number of H-pyrrole nitrogens is 1. The largest absolute Gasteiger partial charge is 0.304 e. The maximum absolute atomic E-state index is 11.6. The molecule has 0 saturated heterocycles. The van der Waals surface area contributed by atoms with E-state index in [2.05, 4.69) is 25.1 Å². The SMILES string of the molecule is Cc1[nH]nc(NC(=O)c2cnns2)c1C. The van der Waals surface area contributed by atoms with Crippen LogP contribution in [0, 0.1) is 13.8 Å². The number of aromatic amines is 1. The fraction of sp³-hybridized carbons (Fsp3) is 0.250. The van der Waals surface area contributed by atoms with E-state index in [9.17, 15) is 4.79 Å². The summed E-state index contributed by atoms with van der Waals surface area (Å²) < 4.78 is 3.62. The lowest BCUT2D eigenvalue weighted by molar-refractivity contribution is 0.103. The van der Waals surface area contributed by atoms with Crippen molar-refractivity contribution in [1.82, 2.24) is 19.8 Å². The molecule has 0 radical (unpaired) electrons. The predicted molar refractivity (Wildman–Crippen MR) is 55.9 cm³/mol. The van der Waals surface area contributed by atoms with E-state index in [1.807, 2.05) is 13.8 Å². The third-order valence-electron chi connectivity index (χ3n) is 2.07. The Balaban J connectivity index is 2.16. The molecular weight excluding hydrogens is 214 g/mol. The summed E-state index contributed by atoms with van der Waals surface area (Å²) in [6.07, 6.45) is 1.43. The number of nitrogens with zero attached hydrogens (tertiary/aromatic N) is 3. The highest BCUT2D eigenvalue weighted by Crippen LogP contribution is 2.15. The first kappa shape index (κ1) is 9.78. The minimum Gasteiger partial charge on any atom is -0.304 e. The van der Waals surface area contributed by atoms with Crippen molar-refractivity contribution in [3.63, 3.8) is 0 Å². The van der Waals surface area contributed by atoms with Crippen molar-refractivity contribution in [3.8, 4) is 0 Å². The summed E-state index contributed by atoms with van der Waals surface area (Å²) >= 11 is 1.05. The van der Waals surface area contributed by atoms with Gasteiger partial charge in [0.05, 0.1) is 6.20 Å². The van der Waals surface area contributed by atoms with Gasteiger partial charge in [-0.2, -0.15) is 5.10 Å². The van der Waals surface area contributed by atoms with Crippen LogP contribution in [0.4, 0.5) is 5.82 Å². The lowest BCUT2D eigenvalue weighted by atomic mass is 10.3. The van der Waals surface area contributed by atoms with Gasteiger partial charge in [0, 0.05) is 11.3 Å². The van der Waals surface area contributed by atoms with Gasteiger partial charge >= 0.3 is 0 Å². The first-order valence-electron chi connectivity index (χ1n) is 4.28. The zero-order chi connectivity index (χ0) is 10.8. The van der Waals surface area contributed by atoms with Crippen molar-refractivity contribution in [2.24, 2.45) is 0 Å². The third kappa shape index (κ3) is 1.86. The summed E-state index contributed by atoms with van der Waals surface area (Å²) in [7, 11) is 0. The number of hydrogen-bond acceptors (Lipinski definition) is 5. The normalized spacial score (nSPS) is 10.3. The fourth-order valence-electron chi connectivity index (χ4n) is 1.04. The van der Waals surface area contributed by atoms with Crippen LogP contribution >= 0.6 is 11.5 Å². The molecule has 0 aliphatic heterocycles. The van der Waals surface area contributed by atoms with Crippen LogP contribution < -0.4 is 5.32 Å². The van der Waals surface area contributed by atoms with Crippen LogP contribution in [0.15, 0.2) is 6.20 Å². The van der Waals surface area contributed by atoms with Gasteiger partial charge in [-0.15, -0.1) is 5.10 Å². The van der Waals surface area contributed by atoms with Crippen LogP contribution in [-0.2, 0) is 0 Å². The lowest BCUT2D eigenvalue weighted by Crippen LogP contribution is -2.11. The van der Waals surface area contributed by atoms with Gasteiger partial charge in [0.1, 0.15) is 4.88 Å². The number of nitrogens with one attached hydrogen (secondary N) is 2. The average molecular weight is 223 g/mol. The Morgan fingerprint density at radius 2 is 2.33 bits per heavy atom. The average Bonchev–Trinajstić information content (AvgIpc) is 2.83. The van der Waals surface area contributed by atoms with Crippen LogP contribution in [-0.4, -0.2) is 25.7 Å². The van der Waals surface area contributed by atoms with E-state index in [0.717, 1.165) is 22.8 Å². The van der Waals surface area contributed by atoms with E-state index in [4.69, 9.17) is 0 Å². The molecule has 0 fully saturated rings. The molecule has 2 aromatic heterocycles. The van der Waals surface area contributed by atoms with Crippen LogP contribution in [0.5, 0.6) is 0 Å². The molecule has 2 rings (SSSR count). The second-order valence-corrected chi connectivity index (χ2v) is 3.84. The number of anilines is 1. The number of aromatic nitrogens is 4. The Labute approximate surface area is 89.9 Å². The van der Waals surface area contributed by atoms with Crippen LogP contribution in [0.25, 0.3) is 0 Å². The highest BCUT2D eigenvalue weighted by molar-refractivity contribution is 7.07. The molecule has 0 atom stereocenters. The lowest BCUT2D eigenvalue weighted by Gasteiger charge is -1.99. The number of amides is 1. The van der Waals surface area contributed by atoms with E-state index in [0.29, 0.717) is 10.7 Å². The van der Waals surface area contributed by atoms with Gasteiger partial charge in [0.2, 0.25) is 0 Å². The Morgan fingerprint density at radius 3 is 2.87 bits per heavy atom. The van der Waals surface area contributed by atoms with Crippen LogP contribution in [0.1, 0.15) is 20.9 Å². The topological polar surface area (TPSA) is 83.6 Å². The molecule has 2 heterocycles. The zero-order valence-electron chi connectivity index (χ0n) is 8.24. The van der Waals surface area contributed by atoms with Crippen molar-refractivity contribution in [2.75, 3.05) is 5.32 Å². The van der Waals surface area contributed by atoms with Gasteiger partial charge in [-0.3, -0.25) is 9.89 Å². The first-order chi connectivity index (χ1) is 7.18. The van der Waals surface area contributed by atoms with Crippen LogP contribution in [0.2, 0.25) is 0 Å². The monoisotopic (exact) mass is 223 g/mol. The van der Waals surface area contributed by atoms with E-state index < -0.39 is 0 Å². The summed E-state index contributed by atoms with van der Waals surface area (Å²) in [6, 6.07) is 0. The number of aryl methyl sites for hydroxylation is 1. The molecule has 7 heteroatoms. The van der Waals surface area contributed by atoms with Gasteiger partial charge in [-0.25, -0.2) is 0 Å². The number of rotatable bonds is 2. The number of carbonyl (C=O) groups excluding carboxylic acids is 1. The second-order valence-electron chi connectivity index (χ2n) is 3.06. The van der Waals surface area contributed by atoms with Gasteiger partial charge in [-0.05, 0) is 25.4 Å². The predicted octanol–water partition coefficient (Wildman–Crippen LogP) is 1.13. The van der Waals surface area contributed by atoms with E-state index in [1.165, 1.54) is 6.20 Å². The Hall–Kier alpha value is -1.76. The van der Waals surface area contributed by atoms with E-state index >= 15 is 0 Å². The van der Waals surface area contributed by atoms with Crippen molar-refractivity contribution in [2.45, 2.75) is 13.8 Å². The maximum Gasteiger partial charge on any atom is 0.270 e. The Bertz CT molecular complexity index is 475. The molecule has 0 aliphatic carbocycles. The zero-order valence-corrected chi connectivity index (χ0v) is 9.05. The summed E-state index contributed by atoms with van der Waals surface area (Å²) in [4.78, 5) is 12.1. The van der Waals surface area contributed by atoms with E-state index in [-0.39, 0.29) is 5.91 Å². The molecule has 0 aromatic carbocycles. The summed E-state index contributed by atoms with van der Waals surface area (Å²) in [5.74, 6) is 0.311. The molecule has 2 aromatic rings. The molecule has 6 nitrogen and oxygen atoms in total. The quantitative estimate of drug-likeness (QED) is 0.799. The molecule has 0 unspecified atom stereocenters. The Morgan fingerprint density at radius 1 is 1.53 bits per heavy atom. The molecule has 1 amide bonds. The molecule has 0 saturated carbocycles. The van der Waals surface area contributed by atoms with Gasteiger partial charge < -0.3 is 5.32 Å². The van der Waals surface area contributed by atoms with Gasteiger partial charge in [-0.1, -0.05) is 4.49 Å². The molecular formula is C8H9N5OS. The second kappa shape index (κ2) is 3.77. The van der Waals surface area contributed by atoms with Crippen LogP contribution in [0.3, 0.4) is 0 Å². The summed E-state index contributed by atoms with van der Waals surface area (Å²) in [6.45, 7) is 3.78. The smallest absolute Gasteiger partial charge is 0.270 e. The molecule has 78 valence electrons. The van der Waals surface area contributed by atoms with E-state index in [1.54, 1.807) is 0 Å². The highest BCUT2D eigenvalue weighted by atomic mass is 32.1. The highest BCUT2D eigenvalue weighted by Gasteiger charge is 2.12. The molecule has 0 aliphatic rings. The standard InChI is InChI=1S/C8H9N5OS/c1-4-5(2)11-12-7(4)10-8(14)6-3-9-13-15-6/h3H,1-2H3,(H2,10,11,12,14). The van der Waals surface area contributed by atoms with Crippen molar-refractivity contribution in [1.29, 1.82) is 0 Å². The minimum atomic E-state index is -0.236. The van der Waals surface area contributed by atoms with Crippen molar-refractivity contribution >= 4 is 23.3 Å². The van der Waals surface area contributed by atoms with Gasteiger partial charge in [0.15, 0.2) is 5.82 Å². The Kier molecular flexibility index (Phi) is 2.46. The van der Waals surface area contributed by atoms with Crippen molar-refractivity contribution in [3.05, 3.63) is 22.3 Å². The molecule has 0 spiro atoms. The fourth-order valence-corrected chi connectivity index (χ4v) is 1.45. The summed E-state index contributed by atoms with van der Waals surface area (Å²) in [5, 5.41) is 13.0. The summed E-state index contributed by atoms with van der Waals surface area (Å²) in [5.41, 5.74) is 1.87. The number of hydrogen-bond donors (Lipinski definition) is 2. The third-order valence-corrected chi connectivity index (χ3v) is 2.73. The molecule has 2 N–H and O–H groups in total. The van der Waals surface area contributed by atoms with Gasteiger partial charge in [0.25, 0.3) is 5.91 Å². The molecule has 15 heavy (non-hydrogen) atoms. The molecule has 0 bridgehead atoms. The minimum absolute atomic E-state index is 0.236.